The highest BCUT2D eigenvalue weighted by Gasteiger charge is 2.18. The number of benzene rings is 2. The second-order valence-corrected chi connectivity index (χ2v) is 6.64. The van der Waals surface area contributed by atoms with Gasteiger partial charge in [0.15, 0.2) is 10.9 Å². The third-order valence-corrected chi connectivity index (χ3v) is 4.88. The van der Waals surface area contributed by atoms with E-state index in [4.69, 9.17) is 9.68 Å². The van der Waals surface area contributed by atoms with Crippen LogP contribution in [0.1, 0.15) is 11.1 Å². The van der Waals surface area contributed by atoms with Crippen LogP contribution in [0, 0.1) is 17.1 Å². The molecule has 0 spiro atoms. The number of nitriles is 1. The standard InChI is InChI=1S/C20H13FN4OS/c21-16-6-8-17(9-7-16)25-19(18-5-2-10-26-18)23-24-20(25)27-13-15-4-1-3-14(11-15)12-22/h1-11H,13H2. The highest BCUT2D eigenvalue weighted by atomic mass is 32.2. The molecule has 0 unspecified atom stereocenters. The van der Waals surface area contributed by atoms with Gasteiger partial charge in [-0.05, 0) is 54.1 Å². The molecule has 0 atom stereocenters. The van der Waals surface area contributed by atoms with E-state index in [1.807, 2.05) is 22.8 Å². The Bertz CT molecular complexity index is 1100. The SMILES string of the molecule is N#Cc1cccc(CSc2nnc(-c3ccco3)n2-c2ccc(F)cc2)c1. The summed E-state index contributed by atoms with van der Waals surface area (Å²) in [6.07, 6.45) is 1.57. The number of hydrogen-bond donors (Lipinski definition) is 0. The van der Waals surface area contributed by atoms with Crippen molar-refractivity contribution in [2.75, 3.05) is 0 Å². The summed E-state index contributed by atoms with van der Waals surface area (Å²) >= 11 is 1.48. The van der Waals surface area contributed by atoms with Gasteiger partial charge in [0.25, 0.3) is 0 Å². The number of halogens is 1. The van der Waals surface area contributed by atoms with Crippen molar-refractivity contribution < 1.29 is 8.81 Å². The molecule has 2 heterocycles. The maximum Gasteiger partial charge on any atom is 0.205 e. The summed E-state index contributed by atoms with van der Waals surface area (Å²) in [5.74, 6) is 1.42. The highest BCUT2D eigenvalue weighted by molar-refractivity contribution is 7.98. The Hall–Kier alpha value is -3.37. The van der Waals surface area contributed by atoms with Crippen LogP contribution in [0.2, 0.25) is 0 Å². The van der Waals surface area contributed by atoms with Gasteiger partial charge in [0.05, 0.1) is 23.6 Å². The van der Waals surface area contributed by atoms with Crippen LogP contribution in [-0.4, -0.2) is 14.8 Å². The van der Waals surface area contributed by atoms with E-state index >= 15 is 0 Å². The normalized spacial score (nSPS) is 10.7. The van der Waals surface area contributed by atoms with Crippen LogP contribution in [0.4, 0.5) is 4.39 Å². The molecule has 0 fully saturated rings. The molecule has 0 aliphatic heterocycles. The van der Waals surface area contributed by atoms with Gasteiger partial charge in [-0.25, -0.2) is 4.39 Å². The molecular weight excluding hydrogens is 363 g/mol. The minimum atomic E-state index is -0.311. The molecule has 0 N–H and O–H groups in total. The fraction of sp³-hybridized carbons (Fsp3) is 0.0500. The van der Waals surface area contributed by atoms with Crippen molar-refractivity contribution in [3.63, 3.8) is 0 Å². The average Bonchev–Trinajstić information content (AvgIpc) is 3.37. The number of rotatable bonds is 5. The van der Waals surface area contributed by atoms with Gasteiger partial charge < -0.3 is 4.42 Å². The molecule has 4 aromatic rings. The molecule has 5 nitrogen and oxygen atoms in total. The van der Waals surface area contributed by atoms with Crippen molar-refractivity contribution in [3.05, 3.63) is 83.9 Å². The van der Waals surface area contributed by atoms with Gasteiger partial charge in [-0.2, -0.15) is 5.26 Å². The Labute approximate surface area is 159 Å². The zero-order valence-corrected chi connectivity index (χ0v) is 14.9. The van der Waals surface area contributed by atoms with E-state index in [1.54, 1.807) is 36.6 Å². The summed E-state index contributed by atoms with van der Waals surface area (Å²) in [5, 5.41) is 18.2. The molecule has 7 heteroatoms. The number of furan rings is 1. The van der Waals surface area contributed by atoms with Crippen molar-refractivity contribution in [2.24, 2.45) is 0 Å². The van der Waals surface area contributed by atoms with Crippen LogP contribution >= 0.6 is 11.8 Å². The second kappa shape index (κ2) is 7.48. The van der Waals surface area contributed by atoms with Crippen molar-refractivity contribution in [1.82, 2.24) is 14.8 Å². The molecule has 2 aromatic carbocycles. The zero-order valence-electron chi connectivity index (χ0n) is 14.0. The number of thioether (sulfide) groups is 1. The monoisotopic (exact) mass is 376 g/mol. The van der Waals surface area contributed by atoms with Gasteiger partial charge in [0.2, 0.25) is 5.82 Å². The molecule has 132 valence electrons. The van der Waals surface area contributed by atoms with Crippen molar-refractivity contribution >= 4 is 11.8 Å². The third-order valence-electron chi connectivity index (χ3n) is 3.88. The summed E-state index contributed by atoms with van der Waals surface area (Å²) < 4.78 is 20.7. The number of nitrogens with zero attached hydrogens (tertiary/aromatic N) is 4. The summed E-state index contributed by atoms with van der Waals surface area (Å²) in [7, 11) is 0. The minimum Gasteiger partial charge on any atom is -0.461 e. The predicted octanol–water partition coefficient (Wildman–Crippen LogP) is 4.83. The third kappa shape index (κ3) is 3.61. The first-order chi connectivity index (χ1) is 13.2. The first-order valence-electron chi connectivity index (χ1n) is 8.11. The maximum absolute atomic E-state index is 13.4. The van der Waals surface area contributed by atoms with Crippen LogP contribution in [-0.2, 0) is 5.75 Å². The van der Waals surface area contributed by atoms with Crippen LogP contribution in [0.15, 0.2) is 76.5 Å². The topological polar surface area (TPSA) is 67.6 Å². The quantitative estimate of drug-likeness (QED) is 0.467. The zero-order chi connectivity index (χ0) is 18.6. The Morgan fingerprint density at radius 1 is 1.07 bits per heavy atom. The molecule has 0 aliphatic rings. The molecule has 0 saturated carbocycles. The van der Waals surface area contributed by atoms with E-state index in [1.165, 1.54) is 23.9 Å². The summed E-state index contributed by atoms with van der Waals surface area (Å²) in [5.41, 5.74) is 2.36. The van der Waals surface area contributed by atoms with Crippen molar-refractivity contribution in [3.8, 4) is 23.3 Å². The Kier molecular flexibility index (Phi) is 4.73. The maximum atomic E-state index is 13.4. The molecular formula is C20H13FN4OS. The van der Waals surface area contributed by atoms with E-state index in [0.717, 1.165) is 11.3 Å². The Morgan fingerprint density at radius 2 is 1.93 bits per heavy atom. The van der Waals surface area contributed by atoms with E-state index in [0.29, 0.717) is 28.1 Å². The van der Waals surface area contributed by atoms with Gasteiger partial charge in [0.1, 0.15) is 5.82 Å². The molecule has 0 bridgehead atoms. The fourth-order valence-electron chi connectivity index (χ4n) is 2.63. The van der Waals surface area contributed by atoms with Gasteiger partial charge >= 0.3 is 0 Å². The van der Waals surface area contributed by atoms with Gasteiger partial charge in [0, 0.05) is 5.75 Å². The van der Waals surface area contributed by atoms with Crippen molar-refractivity contribution in [2.45, 2.75) is 10.9 Å². The Morgan fingerprint density at radius 3 is 2.67 bits per heavy atom. The van der Waals surface area contributed by atoms with E-state index in [2.05, 4.69) is 16.3 Å². The lowest BCUT2D eigenvalue weighted by Gasteiger charge is -2.09. The van der Waals surface area contributed by atoms with Crippen LogP contribution in [0.5, 0.6) is 0 Å². The summed E-state index contributed by atoms with van der Waals surface area (Å²) in [6.45, 7) is 0. The van der Waals surface area contributed by atoms with E-state index in [9.17, 15) is 4.39 Å². The molecule has 0 amide bonds. The lowest BCUT2D eigenvalue weighted by molar-refractivity contribution is 0.575. The molecule has 4 rings (SSSR count). The average molecular weight is 376 g/mol. The summed E-state index contributed by atoms with van der Waals surface area (Å²) in [6, 6.07) is 19.3. The first-order valence-corrected chi connectivity index (χ1v) is 9.10. The first kappa shape index (κ1) is 17.1. The fourth-order valence-corrected chi connectivity index (χ4v) is 3.53. The van der Waals surface area contributed by atoms with E-state index < -0.39 is 0 Å². The smallest absolute Gasteiger partial charge is 0.205 e. The largest absolute Gasteiger partial charge is 0.461 e. The van der Waals surface area contributed by atoms with Crippen LogP contribution in [0.25, 0.3) is 17.3 Å². The molecule has 2 aromatic heterocycles. The van der Waals surface area contributed by atoms with Gasteiger partial charge in [-0.3, -0.25) is 4.57 Å². The molecule has 0 aliphatic carbocycles. The predicted molar refractivity (Wildman–Crippen MR) is 99.7 cm³/mol. The van der Waals surface area contributed by atoms with Crippen LogP contribution < -0.4 is 0 Å². The molecule has 0 saturated heterocycles. The number of aromatic nitrogens is 3. The lowest BCUT2D eigenvalue weighted by atomic mass is 10.2. The van der Waals surface area contributed by atoms with Crippen LogP contribution in [0.3, 0.4) is 0 Å². The van der Waals surface area contributed by atoms with E-state index in [-0.39, 0.29) is 5.82 Å². The van der Waals surface area contributed by atoms with Gasteiger partial charge in [-0.1, -0.05) is 23.9 Å². The van der Waals surface area contributed by atoms with Gasteiger partial charge in [-0.15, -0.1) is 10.2 Å². The minimum absolute atomic E-state index is 0.311. The molecule has 0 radical (unpaired) electrons. The Balaban J connectivity index is 1.70. The molecule has 27 heavy (non-hydrogen) atoms. The second-order valence-electron chi connectivity index (χ2n) is 5.70. The summed E-state index contributed by atoms with van der Waals surface area (Å²) in [4.78, 5) is 0. The number of hydrogen-bond acceptors (Lipinski definition) is 5. The lowest BCUT2D eigenvalue weighted by Crippen LogP contribution is -1.99. The van der Waals surface area contributed by atoms with Crippen molar-refractivity contribution in [1.29, 1.82) is 5.26 Å². The highest BCUT2D eigenvalue weighted by Crippen LogP contribution is 2.30.